The van der Waals surface area contributed by atoms with Gasteiger partial charge in [-0.15, -0.1) is 0 Å². The van der Waals surface area contributed by atoms with Gasteiger partial charge in [0.1, 0.15) is 0 Å². The first-order chi connectivity index (χ1) is 9.04. The van der Waals surface area contributed by atoms with E-state index < -0.39 is 18.2 Å². The number of ether oxygens (including phenoxy) is 1. The summed E-state index contributed by atoms with van der Waals surface area (Å²) in [5.74, 6) is -0.345. The predicted molar refractivity (Wildman–Crippen MR) is 73.6 cm³/mol. The maximum absolute atomic E-state index is 13.3. The van der Waals surface area contributed by atoms with E-state index in [4.69, 9.17) is 5.73 Å². The molecule has 19 heavy (non-hydrogen) atoms. The standard InChI is InChI=1S/C12H17F3N2OS/c1-19-5-3-2-4-17-10-7-11(18-12(14)15)8(13)6-9(10)16/h6-7,12,17H,2-5,16H2,1H3. The Kier molecular flexibility index (Phi) is 6.69. The Hall–Kier alpha value is -1.24. The van der Waals surface area contributed by atoms with Crippen LogP contribution in [0.25, 0.3) is 0 Å². The van der Waals surface area contributed by atoms with Gasteiger partial charge in [-0.3, -0.25) is 0 Å². The highest BCUT2D eigenvalue weighted by molar-refractivity contribution is 7.98. The third-order valence-electron chi connectivity index (χ3n) is 2.41. The maximum atomic E-state index is 13.3. The fourth-order valence-electron chi connectivity index (χ4n) is 1.50. The van der Waals surface area contributed by atoms with Crippen LogP contribution in [0, 0.1) is 5.82 Å². The molecule has 0 aliphatic carbocycles. The molecule has 0 atom stereocenters. The molecule has 0 spiro atoms. The van der Waals surface area contributed by atoms with E-state index in [-0.39, 0.29) is 5.69 Å². The fraction of sp³-hybridized carbons (Fsp3) is 0.500. The number of nitrogen functional groups attached to an aromatic ring is 1. The van der Waals surface area contributed by atoms with Crippen LogP contribution in [-0.4, -0.2) is 25.2 Å². The number of alkyl halides is 2. The first-order valence-corrected chi connectivity index (χ1v) is 7.20. The summed E-state index contributed by atoms with van der Waals surface area (Å²) in [4.78, 5) is 0. The molecule has 108 valence electrons. The van der Waals surface area contributed by atoms with E-state index in [1.165, 1.54) is 0 Å². The van der Waals surface area contributed by atoms with Crippen LogP contribution in [0.4, 0.5) is 24.5 Å². The molecule has 3 N–H and O–H groups in total. The molecule has 0 aromatic heterocycles. The van der Waals surface area contributed by atoms with Crippen LogP contribution >= 0.6 is 11.8 Å². The number of anilines is 2. The van der Waals surface area contributed by atoms with Gasteiger partial charge >= 0.3 is 6.61 Å². The Morgan fingerprint density at radius 1 is 1.37 bits per heavy atom. The zero-order valence-electron chi connectivity index (χ0n) is 10.6. The Morgan fingerprint density at radius 2 is 2.11 bits per heavy atom. The summed E-state index contributed by atoms with van der Waals surface area (Å²) in [6, 6.07) is 2.13. The molecule has 0 aliphatic rings. The van der Waals surface area contributed by atoms with Gasteiger partial charge in [-0.05, 0) is 24.9 Å². The number of unbranched alkanes of at least 4 members (excludes halogenated alkanes) is 1. The molecule has 1 aromatic carbocycles. The van der Waals surface area contributed by atoms with Crippen molar-refractivity contribution in [1.82, 2.24) is 0 Å². The average molecular weight is 294 g/mol. The second-order valence-corrected chi connectivity index (χ2v) is 4.86. The number of benzene rings is 1. The van der Waals surface area contributed by atoms with Crippen molar-refractivity contribution in [1.29, 1.82) is 0 Å². The molecule has 3 nitrogen and oxygen atoms in total. The third-order valence-corrected chi connectivity index (χ3v) is 3.11. The molecule has 7 heteroatoms. The van der Waals surface area contributed by atoms with Gasteiger partial charge in [-0.25, -0.2) is 4.39 Å². The first-order valence-electron chi connectivity index (χ1n) is 5.81. The summed E-state index contributed by atoms with van der Waals surface area (Å²) >= 11 is 1.76. The van der Waals surface area contributed by atoms with Gasteiger partial charge in [-0.1, -0.05) is 0 Å². The highest BCUT2D eigenvalue weighted by Gasteiger charge is 2.13. The summed E-state index contributed by atoms with van der Waals surface area (Å²) in [5.41, 5.74) is 6.19. The molecule has 1 rings (SSSR count). The van der Waals surface area contributed by atoms with Gasteiger partial charge in [0.05, 0.1) is 11.4 Å². The average Bonchev–Trinajstić information content (AvgIpc) is 2.33. The molecule has 0 amide bonds. The number of thioether (sulfide) groups is 1. The Morgan fingerprint density at radius 3 is 2.74 bits per heavy atom. The predicted octanol–water partition coefficient (Wildman–Crippen LogP) is 3.56. The fourth-order valence-corrected chi connectivity index (χ4v) is 2.00. The van der Waals surface area contributed by atoms with Crippen molar-refractivity contribution in [3.63, 3.8) is 0 Å². The van der Waals surface area contributed by atoms with E-state index in [0.717, 1.165) is 30.7 Å². The van der Waals surface area contributed by atoms with Crippen molar-refractivity contribution in [3.8, 4) is 5.75 Å². The van der Waals surface area contributed by atoms with E-state index >= 15 is 0 Å². The normalized spacial score (nSPS) is 10.8. The largest absolute Gasteiger partial charge is 0.432 e. The van der Waals surface area contributed by atoms with Crippen molar-refractivity contribution in [2.45, 2.75) is 19.5 Å². The number of nitrogens with two attached hydrogens (primary N) is 1. The minimum atomic E-state index is -3.06. The zero-order valence-corrected chi connectivity index (χ0v) is 11.4. The maximum Gasteiger partial charge on any atom is 0.387 e. The van der Waals surface area contributed by atoms with Gasteiger partial charge in [0.25, 0.3) is 0 Å². The van der Waals surface area contributed by atoms with Crippen molar-refractivity contribution in [3.05, 3.63) is 17.9 Å². The number of hydrogen-bond donors (Lipinski definition) is 2. The zero-order chi connectivity index (χ0) is 14.3. The van der Waals surface area contributed by atoms with E-state index in [1.807, 2.05) is 6.26 Å². The monoisotopic (exact) mass is 294 g/mol. The highest BCUT2D eigenvalue weighted by Crippen LogP contribution is 2.29. The van der Waals surface area contributed by atoms with Gasteiger partial charge in [0, 0.05) is 18.7 Å². The first kappa shape index (κ1) is 15.8. The van der Waals surface area contributed by atoms with E-state index in [2.05, 4.69) is 10.1 Å². The lowest BCUT2D eigenvalue weighted by Crippen LogP contribution is -2.08. The molecule has 0 heterocycles. The minimum absolute atomic E-state index is 0.170. The SMILES string of the molecule is CSCCCCNc1cc(OC(F)F)c(F)cc1N. The van der Waals surface area contributed by atoms with Crippen LogP contribution in [0.1, 0.15) is 12.8 Å². The summed E-state index contributed by atoms with van der Waals surface area (Å²) in [5, 5.41) is 2.99. The van der Waals surface area contributed by atoms with E-state index in [9.17, 15) is 13.2 Å². The van der Waals surface area contributed by atoms with Gasteiger partial charge in [-0.2, -0.15) is 20.5 Å². The summed E-state index contributed by atoms with van der Waals surface area (Å²) < 4.78 is 41.6. The van der Waals surface area contributed by atoms with Crippen LogP contribution in [0.15, 0.2) is 12.1 Å². The van der Waals surface area contributed by atoms with Crippen molar-refractivity contribution in [2.24, 2.45) is 0 Å². The van der Waals surface area contributed by atoms with Crippen molar-refractivity contribution in [2.75, 3.05) is 29.6 Å². The number of nitrogens with one attached hydrogen (secondary N) is 1. The quantitative estimate of drug-likeness (QED) is 0.568. The van der Waals surface area contributed by atoms with Crippen LogP contribution in [0.3, 0.4) is 0 Å². The van der Waals surface area contributed by atoms with Crippen molar-refractivity contribution >= 4 is 23.1 Å². The lowest BCUT2D eigenvalue weighted by atomic mass is 10.2. The summed E-state index contributed by atoms with van der Waals surface area (Å²) in [7, 11) is 0. The summed E-state index contributed by atoms with van der Waals surface area (Å²) in [6.45, 7) is -2.42. The van der Waals surface area contributed by atoms with Gasteiger partial charge in [0.15, 0.2) is 11.6 Å². The Labute approximate surface area is 114 Å². The molecule has 0 aliphatic heterocycles. The molecule has 0 bridgehead atoms. The van der Waals surface area contributed by atoms with Gasteiger partial charge in [0.2, 0.25) is 0 Å². The highest BCUT2D eigenvalue weighted by atomic mass is 32.2. The van der Waals surface area contributed by atoms with Crippen LogP contribution in [0.2, 0.25) is 0 Å². The molecule has 0 radical (unpaired) electrons. The topological polar surface area (TPSA) is 47.3 Å². The number of halogens is 3. The molecule has 1 aromatic rings. The van der Waals surface area contributed by atoms with Crippen LogP contribution in [-0.2, 0) is 0 Å². The third kappa shape index (κ3) is 5.50. The minimum Gasteiger partial charge on any atom is -0.432 e. The summed E-state index contributed by atoms with van der Waals surface area (Å²) in [6.07, 6.45) is 3.98. The molecule has 0 saturated heterocycles. The lowest BCUT2D eigenvalue weighted by Gasteiger charge is -2.12. The van der Waals surface area contributed by atoms with Crippen LogP contribution < -0.4 is 15.8 Å². The molecular weight excluding hydrogens is 277 g/mol. The Balaban J connectivity index is 2.61. The smallest absolute Gasteiger partial charge is 0.387 e. The van der Waals surface area contributed by atoms with Crippen LogP contribution in [0.5, 0.6) is 5.75 Å². The lowest BCUT2D eigenvalue weighted by molar-refractivity contribution is -0.0521. The Bertz CT molecular complexity index is 405. The number of rotatable bonds is 8. The van der Waals surface area contributed by atoms with E-state index in [0.29, 0.717) is 12.2 Å². The second kappa shape index (κ2) is 8.04. The van der Waals surface area contributed by atoms with Crippen molar-refractivity contribution < 1.29 is 17.9 Å². The van der Waals surface area contributed by atoms with Gasteiger partial charge < -0.3 is 15.8 Å². The number of hydrogen-bond acceptors (Lipinski definition) is 4. The van der Waals surface area contributed by atoms with E-state index in [1.54, 1.807) is 11.8 Å². The molecule has 0 saturated carbocycles. The molecular formula is C12H17F3N2OS. The molecule has 0 fully saturated rings. The molecule has 0 unspecified atom stereocenters. The second-order valence-electron chi connectivity index (χ2n) is 3.88.